The Bertz CT molecular complexity index is 557. The summed E-state index contributed by atoms with van der Waals surface area (Å²) in [5.41, 5.74) is 0. The fourth-order valence-corrected chi connectivity index (χ4v) is 3.99. The van der Waals surface area contributed by atoms with Crippen molar-refractivity contribution in [3.05, 3.63) is 30.3 Å². The Balaban J connectivity index is 3.15. The van der Waals surface area contributed by atoms with Gasteiger partial charge in [0.05, 0.1) is 11.5 Å². The number of alkyl carbamates (subject to hydrolysis) is 1. The fraction of sp³-hybridized carbons (Fsp3) is 0.364. The molecule has 1 aromatic rings. The molecular weight excluding hydrogens is 349 g/mol. The number of hydrogen-bond acceptors (Lipinski definition) is 4. The first-order valence-corrected chi connectivity index (χ1v) is 8.16. The van der Waals surface area contributed by atoms with Crippen LogP contribution in [0.4, 0.5) is 4.79 Å². The second-order valence-electron chi connectivity index (χ2n) is 3.64. The van der Waals surface area contributed by atoms with Crippen LogP contribution >= 0.6 is 34.8 Å². The molecule has 0 aromatic heterocycles. The summed E-state index contributed by atoms with van der Waals surface area (Å²) < 4.78 is 27.1. The molecule has 0 unspecified atom stereocenters. The molecule has 0 radical (unpaired) electrons. The third kappa shape index (κ3) is 4.41. The summed E-state index contributed by atoms with van der Waals surface area (Å²) in [4.78, 5) is 11.3. The van der Waals surface area contributed by atoms with Crippen molar-refractivity contribution in [1.82, 2.24) is 5.32 Å². The molecule has 0 aliphatic carbocycles. The highest BCUT2D eigenvalue weighted by Gasteiger charge is 2.44. The largest absolute Gasteiger partial charge is 0.450 e. The van der Waals surface area contributed by atoms with Gasteiger partial charge < -0.3 is 10.1 Å². The standard InChI is InChI=1S/C11H12Cl3NO4S/c1-2-19-10(16)15-9(11(12,13)14)20(17,18)8-6-4-3-5-7-8/h3-7,9H,2H2,1H3,(H,15,16)/t9-/m1/s1. The second kappa shape index (κ2) is 6.85. The number of alkyl halides is 3. The molecule has 112 valence electrons. The minimum Gasteiger partial charge on any atom is -0.450 e. The van der Waals surface area contributed by atoms with Gasteiger partial charge in [-0.15, -0.1) is 0 Å². The van der Waals surface area contributed by atoms with E-state index in [1.54, 1.807) is 13.0 Å². The molecule has 9 heteroatoms. The van der Waals surface area contributed by atoms with Crippen molar-refractivity contribution in [2.75, 3.05) is 6.61 Å². The lowest BCUT2D eigenvalue weighted by Gasteiger charge is -2.25. The Morgan fingerprint density at radius 3 is 2.30 bits per heavy atom. The number of amides is 1. The van der Waals surface area contributed by atoms with Gasteiger partial charge in [-0.3, -0.25) is 0 Å². The Hall–Kier alpha value is -0.690. The molecule has 0 saturated carbocycles. The monoisotopic (exact) mass is 359 g/mol. The van der Waals surface area contributed by atoms with Crippen LogP contribution in [0.3, 0.4) is 0 Å². The van der Waals surface area contributed by atoms with Crippen LogP contribution in [0.5, 0.6) is 0 Å². The average molecular weight is 361 g/mol. The van der Waals surface area contributed by atoms with Gasteiger partial charge in [0.2, 0.25) is 13.6 Å². The molecule has 0 fully saturated rings. The van der Waals surface area contributed by atoms with Gasteiger partial charge in [-0.2, -0.15) is 0 Å². The van der Waals surface area contributed by atoms with Crippen LogP contribution in [-0.2, 0) is 14.6 Å². The molecule has 5 nitrogen and oxygen atoms in total. The minimum atomic E-state index is -4.08. The summed E-state index contributed by atoms with van der Waals surface area (Å²) >= 11 is 17.0. The summed E-state index contributed by atoms with van der Waals surface area (Å²) in [7, 11) is -4.08. The predicted octanol–water partition coefficient (Wildman–Crippen LogP) is 2.90. The van der Waals surface area contributed by atoms with Crippen molar-refractivity contribution in [1.29, 1.82) is 0 Å². The quantitative estimate of drug-likeness (QED) is 0.838. The van der Waals surface area contributed by atoms with Crippen molar-refractivity contribution in [3.63, 3.8) is 0 Å². The van der Waals surface area contributed by atoms with E-state index in [0.29, 0.717) is 0 Å². The number of ether oxygens (including phenoxy) is 1. The maximum Gasteiger partial charge on any atom is 0.408 e. The van der Waals surface area contributed by atoms with Crippen LogP contribution in [0.25, 0.3) is 0 Å². The Kier molecular flexibility index (Phi) is 5.94. The zero-order chi connectivity index (χ0) is 15.4. The van der Waals surface area contributed by atoms with Crippen LogP contribution in [0, 0.1) is 0 Å². The molecule has 1 atom stereocenters. The van der Waals surface area contributed by atoms with Crippen LogP contribution in [-0.4, -0.2) is 30.3 Å². The van der Waals surface area contributed by atoms with Gasteiger partial charge in [0.25, 0.3) is 0 Å². The maximum absolute atomic E-state index is 12.4. The van der Waals surface area contributed by atoms with Gasteiger partial charge in [0.1, 0.15) is 0 Å². The van der Waals surface area contributed by atoms with Gasteiger partial charge in [0, 0.05) is 0 Å². The summed E-state index contributed by atoms with van der Waals surface area (Å²) in [6.45, 7) is 1.62. The first-order chi connectivity index (χ1) is 9.19. The van der Waals surface area contributed by atoms with E-state index >= 15 is 0 Å². The van der Waals surface area contributed by atoms with E-state index in [4.69, 9.17) is 34.8 Å². The highest BCUT2D eigenvalue weighted by atomic mass is 35.6. The molecule has 20 heavy (non-hydrogen) atoms. The summed E-state index contributed by atoms with van der Waals surface area (Å²) in [6, 6.07) is 7.36. The summed E-state index contributed by atoms with van der Waals surface area (Å²) in [6.07, 6.45) is -0.983. The molecule has 1 aromatic carbocycles. The zero-order valence-electron chi connectivity index (χ0n) is 10.3. The number of carbonyl (C=O) groups excluding carboxylic acids is 1. The van der Waals surface area contributed by atoms with E-state index in [1.807, 2.05) is 0 Å². The predicted molar refractivity (Wildman–Crippen MR) is 77.9 cm³/mol. The molecular formula is C11H12Cl3NO4S. The molecule has 0 aliphatic rings. The number of hydrogen-bond donors (Lipinski definition) is 1. The highest BCUT2D eigenvalue weighted by molar-refractivity contribution is 7.92. The molecule has 0 bridgehead atoms. The molecule has 1 amide bonds. The van der Waals surface area contributed by atoms with Crippen molar-refractivity contribution in [2.45, 2.75) is 21.0 Å². The maximum atomic E-state index is 12.4. The van der Waals surface area contributed by atoms with Gasteiger partial charge >= 0.3 is 6.09 Å². The van der Waals surface area contributed by atoms with E-state index in [0.717, 1.165) is 0 Å². The molecule has 0 heterocycles. The van der Waals surface area contributed by atoms with E-state index in [9.17, 15) is 13.2 Å². The van der Waals surface area contributed by atoms with E-state index in [1.165, 1.54) is 24.3 Å². The molecule has 1 rings (SSSR count). The van der Waals surface area contributed by atoms with Crippen molar-refractivity contribution < 1.29 is 17.9 Å². The average Bonchev–Trinajstić information content (AvgIpc) is 2.36. The van der Waals surface area contributed by atoms with E-state index in [-0.39, 0.29) is 11.5 Å². The third-order valence-electron chi connectivity index (χ3n) is 2.20. The number of nitrogens with one attached hydrogen (secondary N) is 1. The van der Waals surface area contributed by atoms with Crippen LogP contribution in [0.2, 0.25) is 0 Å². The number of sulfone groups is 1. The number of carbonyl (C=O) groups is 1. The second-order valence-corrected chi connectivity index (χ2v) is 8.05. The lowest BCUT2D eigenvalue weighted by molar-refractivity contribution is 0.151. The van der Waals surface area contributed by atoms with Gasteiger partial charge in [-0.25, -0.2) is 13.2 Å². The highest BCUT2D eigenvalue weighted by Crippen LogP contribution is 2.35. The van der Waals surface area contributed by atoms with E-state index in [2.05, 4.69) is 10.1 Å². The van der Waals surface area contributed by atoms with Crippen molar-refractivity contribution >= 4 is 50.7 Å². The van der Waals surface area contributed by atoms with Gasteiger partial charge in [0.15, 0.2) is 5.37 Å². The Morgan fingerprint density at radius 1 is 1.30 bits per heavy atom. The minimum absolute atomic E-state index is 0.0593. The van der Waals surface area contributed by atoms with Crippen LogP contribution < -0.4 is 5.32 Å². The van der Waals surface area contributed by atoms with Gasteiger partial charge in [-0.1, -0.05) is 53.0 Å². The van der Waals surface area contributed by atoms with E-state index < -0.39 is 25.1 Å². The summed E-state index contributed by atoms with van der Waals surface area (Å²) in [5.74, 6) is 0. The van der Waals surface area contributed by atoms with Crippen LogP contribution in [0.15, 0.2) is 35.2 Å². The molecule has 0 aliphatic heterocycles. The smallest absolute Gasteiger partial charge is 0.408 e. The van der Waals surface area contributed by atoms with Crippen LogP contribution in [0.1, 0.15) is 6.92 Å². The Labute approximate surface area is 132 Å². The lowest BCUT2D eigenvalue weighted by Crippen LogP contribution is -2.49. The van der Waals surface area contributed by atoms with Crippen molar-refractivity contribution in [2.24, 2.45) is 0 Å². The fourth-order valence-electron chi connectivity index (χ4n) is 1.36. The third-order valence-corrected chi connectivity index (χ3v) is 5.27. The lowest BCUT2D eigenvalue weighted by atomic mass is 10.4. The molecule has 0 saturated heterocycles. The SMILES string of the molecule is CCOC(=O)N[C@@H](C(Cl)(Cl)Cl)S(=O)(=O)c1ccccc1. The normalized spacial score (nSPS) is 13.6. The topological polar surface area (TPSA) is 72.5 Å². The number of halogens is 3. The van der Waals surface area contributed by atoms with Crippen molar-refractivity contribution in [3.8, 4) is 0 Å². The number of benzene rings is 1. The molecule has 1 N–H and O–H groups in total. The first kappa shape index (κ1) is 17.4. The first-order valence-electron chi connectivity index (χ1n) is 5.48. The molecule has 0 spiro atoms. The Morgan fingerprint density at radius 2 is 1.85 bits per heavy atom. The summed E-state index contributed by atoms with van der Waals surface area (Å²) in [5, 5.41) is 0.289. The number of rotatable bonds is 4. The zero-order valence-corrected chi connectivity index (χ0v) is 13.4. The van der Waals surface area contributed by atoms with Gasteiger partial charge in [-0.05, 0) is 19.1 Å².